The molecule has 0 spiro atoms. The molecule has 0 aliphatic rings. The van der Waals surface area contributed by atoms with Crippen LogP contribution in [0, 0.1) is 0 Å². The SMILES string of the molecule is c1ccc(-c2cccc(-c3cccc4ccccc34)n2)nc1. The lowest BCUT2D eigenvalue weighted by Crippen LogP contribution is -1.90. The van der Waals surface area contributed by atoms with Crippen LogP contribution >= 0.6 is 0 Å². The largest absolute Gasteiger partial charge is 0.255 e. The van der Waals surface area contributed by atoms with Crippen LogP contribution in [-0.2, 0) is 0 Å². The van der Waals surface area contributed by atoms with Crippen LogP contribution in [0.3, 0.4) is 0 Å². The van der Waals surface area contributed by atoms with E-state index in [1.54, 1.807) is 6.20 Å². The van der Waals surface area contributed by atoms with E-state index in [2.05, 4.69) is 47.4 Å². The van der Waals surface area contributed by atoms with Gasteiger partial charge in [-0.1, -0.05) is 54.6 Å². The third-order valence-electron chi connectivity index (χ3n) is 3.74. The van der Waals surface area contributed by atoms with Crippen LogP contribution in [0.5, 0.6) is 0 Å². The van der Waals surface area contributed by atoms with Gasteiger partial charge in [0.2, 0.25) is 0 Å². The van der Waals surface area contributed by atoms with Crippen LogP contribution < -0.4 is 0 Å². The number of benzene rings is 2. The molecule has 4 aromatic rings. The van der Waals surface area contributed by atoms with Gasteiger partial charge < -0.3 is 0 Å². The van der Waals surface area contributed by atoms with Crippen LogP contribution in [-0.4, -0.2) is 9.97 Å². The molecular formula is C20H14N2. The van der Waals surface area contributed by atoms with E-state index in [9.17, 15) is 0 Å². The summed E-state index contributed by atoms with van der Waals surface area (Å²) < 4.78 is 0. The number of pyridine rings is 2. The van der Waals surface area contributed by atoms with E-state index in [-0.39, 0.29) is 0 Å². The Kier molecular flexibility index (Phi) is 3.13. The molecule has 0 aliphatic carbocycles. The van der Waals surface area contributed by atoms with Gasteiger partial charge >= 0.3 is 0 Å². The molecule has 104 valence electrons. The monoisotopic (exact) mass is 282 g/mol. The second-order valence-electron chi connectivity index (χ2n) is 5.15. The molecule has 0 amide bonds. The summed E-state index contributed by atoms with van der Waals surface area (Å²) in [5.41, 5.74) is 3.91. The van der Waals surface area contributed by atoms with Crippen molar-refractivity contribution in [2.24, 2.45) is 0 Å². The lowest BCUT2D eigenvalue weighted by atomic mass is 10.0. The van der Waals surface area contributed by atoms with E-state index in [4.69, 9.17) is 4.98 Å². The fourth-order valence-corrected chi connectivity index (χ4v) is 2.69. The molecule has 2 heteroatoms. The maximum atomic E-state index is 4.80. The van der Waals surface area contributed by atoms with E-state index in [1.807, 2.05) is 36.4 Å². The zero-order valence-electron chi connectivity index (χ0n) is 12.0. The van der Waals surface area contributed by atoms with Crippen molar-refractivity contribution in [2.45, 2.75) is 0 Å². The Balaban J connectivity index is 1.89. The minimum Gasteiger partial charge on any atom is -0.255 e. The lowest BCUT2D eigenvalue weighted by molar-refractivity contribution is 1.25. The highest BCUT2D eigenvalue weighted by molar-refractivity contribution is 5.95. The maximum absolute atomic E-state index is 4.80. The number of hydrogen-bond acceptors (Lipinski definition) is 2. The van der Waals surface area contributed by atoms with Crippen molar-refractivity contribution >= 4 is 10.8 Å². The lowest BCUT2D eigenvalue weighted by Gasteiger charge is -2.08. The van der Waals surface area contributed by atoms with Gasteiger partial charge in [-0.3, -0.25) is 4.98 Å². The van der Waals surface area contributed by atoms with Crippen molar-refractivity contribution in [1.82, 2.24) is 9.97 Å². The highest BCUT2D eigenvalue weighted by Crippen LogP contribution is 2.28. The summed E-state index contributed by atoms with van der Waals surface area (Å²) in [5, 5.41) is 2.45. The smallest absolute Gasteiger partial charge is 0.0893 e. The van der Waals surface area contributed by atoms with Crippen LogP contribution in [0.2, 0.25) is 0 Å². The van der Waals surface area contributed by atoms with Gasteiger partial charge in [-0.05, 0) is 35.0 Å². The van der Waals surface area contributed by atoms with Gasteiger partial charge in [-0.25, -0.2) is 4.98 Å². The first-order valence-corrected chi connectivity index (χ1v) is 7.28. The quantitative estimate of drug-likeness (QED) is 0.519. The highest BCUT2D eigenvalue weighted by atomic mass is 14.8. The molecule has 4 rings (SSSR count). The molecule has 0 aliphatic heterocycles. The Bertz CT molecular complexity index is 925. The fraction of sp³-hybridized carbons (Fsp3) is 0. The Labute approximate surface area is 129 Å². The van der Waals surface area contributed by atoms with Crippen LogP contribution in [0.4, 0.5) is 0 Å². The number of aromatic nitrogens is 2. The highest BCUT2D eigenvalue weighted by Gasteiger charge is 2.07. The van der Waals surface area contributed by atoms with E-state index in [0.29, 0.717) is 0 Å². The molecule has 0 bridgehead atoms. The number of nitrogens with zero attached hydrogens (tertiary/aromatic N) is 2. The summed E-state index contributed by atoms with van der Waals surface area (Å²) in [6.07, 6.45) is 1.79. The Morgan fingerprint density at radius 2 is 1.27 bits per heavy atom. The van der Waals surface area contributed by atoms with Crippen molar-refractivity contribution in [1.29, 1.82) is 0 Å². The van der Waals surface area contributed by atoms with Gasteiger partial charge in [0.05, 0.1) is 17.1 Å². The zero-order chi connectivity index (χ0) is 14.8. The minimum absolute atomic E-state index is 0.893. The molecular weight excluding hydrogens is 268 g/mol. The predicted molar refractivity (Wildman–Crippen MR) is 90.4 cm³/mol. The Morgan fingerprint density at radius 3 is 2.18 bits per heavy atom. The van der Waals surface area contributed by atoms with Gasteiger partial charge in [0.25, 0.3) is 0 Å². The topological polar surface area (TPSA) is 25.8 Å². The van der Waals surface area contributed by atoms with E-state index in [0.717, 1.165) is 22.6 Å². The Morgan fingerprint density at radius 1 is 0.545 bits per heavy atom. The number of fused-ring (bicyclic) bond motifs is 1. The van der Waals surface area contributed by atoms with Crippen LogP contribution in [0.1, 0.15) is 0 Å². The molecule has 2 heterocycles. The summed E-state index contributed by atoms with van der Waals surface area (Å²) in [6, 6.07) is 26.7. The third-order valence-corrected chi connectivity index (χ3v) is 3.74. The van der Waals surface area contributed by atoms with Gasteiger partial charge in [-0.15, -0.1) is 0 Å². The van der Waals surface area contributed by atoms with Crippen molar-refractivity contribution in [3.8, 4) is 22.6 Å². The first-order chi connectivity index (χ1) is 10.9. The Hall–Kier alpha value is -3.00. The molecule has 2 nitrogen and oxygen atoms in total. The standard InChI is InChI=1S/C20H14N2/c1-2-9-16-15(7-1)8-5-10-17(16)18-12-6-13-20(22-18)19-11-3-4-14-21-19/h1-14H. The van der Waals surface area contributed by atoms with Crippen molar-refractivity contribution in [3.63, 3.8) is 0 Å². The molecule has 0 N–H and O–H groups in total. The van der Waals surface area contributed by atoms with Crippen molar-refractivity contribution < 1.29 is 0 Å². The number of hydrogen-bond donors (Lipinski definition) is 0. The molecule has 0 radical (unpaired) electrons. The molecule has 0 atom stereocenters. The van der Waals surface area contributed by atoms with E-state index >= 15 is 0 Å². The van der Waals surface area contributed by atoms with Crippen molar-refractivity contribution in [2.75, 3.05) is 0 Å². The predicted octanol–water partition coefficient (Wildman–Crippen LogP) is 4.96. The van der Waals surface area contributed by atoms with Gasteiger partial charge in [-0.2, -0.15) is 0 Å². The van der Waals surface area contributed by atoms with Gasteiger partial charge in [0.15, 0.2) is 0 Å². The normalized spacial score (nSPS) is 10.7. The van der Waals surface area contributed by atoms with E-state index < -0.39 is 0 Å². The number of rotatable bonds is 2. The molecule has 0 unspecified atom stereocenters. The summed E-state index contributed by atoms with van der Waals surface area (Å²) in [7, 11) is 0. The molecule has 22 heavy (non-hydrogen) atoms. The average molecular weight is 282 g/mol. The fourth-order valence-electron chi connectivity index (χ4n) is 2.69. The summed E-state index contributed by atoms with van der Waals surface area (Å²) in [5.74, 6) is 0. The zero-order valence-corrected chi connectivity index (χ0v) is 12.0. The molecule has 2 aromatic carbocycles. The van der Waals surface area contributed by atoms with Crippen LogP contribution in [0.25, 0.3) is 33.4 Å². The third kappa shape index (κ3) is 2.25. The second-order valence-corrected chi connectivity index (χ2v) is 5.15. The second kappa shape index (κ2) is 5.41. The molecule has 0 fully saturated rings. The summed E-state index contributed by atoms with van der Waals surface area (Å²) in [4.78, 5) is 9.18. The minimum atomic E-state index is 0.893. The van der Waals surface area contributed by atoms with Gasteiger partial charge in [0, 0.05) is 11.8 Å². The van der Waals surface area contributed by atoms with E-state index in [1.165, 1.54) is 10.8 Å². The molecule has 2 aromatic heterocycles. The van der Waals surface area contributed by atoms with Crippen LogP contribution in [0.15, 0.2) is 85.1 Å². The maximum Gasteiger partial charge on any atom is 0.0893 e. The molecule has 0 saturated carbocycles. The van der Waals surface area contributed by atoms with Gasteiger partial charge in [0.1, 0.15) is 0 Å². The first kappa shape index (κ1) is 12.7. The molecule has 0 saturated heterocycles. The summed E-state index contributed by atoms with van der Waals surface area (Å²) in [6.45, 7) is 0. The summed E-state index contributed by atoms with van der Waals surface area (Å²) >= 11 is 0. The first-order valence-electron chi connectivity index (χ1n) is 7.28. The van der Waals surface area contributed by atoms with Crippen molar-refractivity contribution in [3.05, 3.63) is 85.1 Å². The average Bonchev–Trinajstić information content (AvgIpc) is 2.62.